The third kappa shape index (κ3) is 14.3. The van der Waals surface area contributed by atoms with Gasteiger partial charge in [-0.3, -0.25) is 0 Å². The van der Waals surface area contributed by atoms with Gasteiger partial charge in [0.1, 0.15) is 17.2 Å². The van der Waals surface area contributed by atoms with Gasteiger partial charge in [-0.25, -0.2) is 15.0 Å². The van der Waals surface area contributed by atoms with E-state index >= 15 is 0 Å². The minimum Gasteiger partial charge on any atom is -0.464 e. The van der Waals surface area contributed by atoms with Gasteiger partial charge in [0.15, 0.2) is 36.3 Å². The molecule has 0 spiro atoms. The molecule has 9 nitrogen and oxygen atoms in total. The van der Waals surface area contributed by atoms with Crippen LogP contribution in [0.2, 0.25) is 0 Å². The van der Waals surface area contributed by atoms with Crippen molar-refractivity contribution >= 4 is 0 Å². The summed E-state index contributed by atoms with van der Waals surface area (Å²) in [5.41, 5.74) is 1.76. The van der Waals surface area contributed by atoms with E-state index in [4.69, 9.17) is 29.2 Å². The Morgan fingerprint density at radius 2 is 0.648 bits per heavy atom. The second-order valence-corrected chi connectivity index (χ2v) is 14.1. The Labute approximate surface area is 323 Å². The summed E-state index contributed by atoms with van der Waals surface area (Å²) in [6, 6.07) is 22.2. The molecule has 0 radical (unpaired) electrons. The molecular formula is C45H63N3O6. The van der Waals surface area contributed by atoms with Crippen molar-refractivity contribution in [2.45, 2.75) is 155 Å². The zero-order chi connectivity index (χ0) is 38.4. The Morgan fingerprint density at radius 1 is 0.389 bits per heavy atom. The fourth-order valence-electron chi connectivity index (χ4n) is 6.38. The maximum atomic E-state index is 10.9. The molecule has 0 saturated heterocycles. The number of aliphatic hydroxyl groups excluding tert-OH is 3. The van der Waals surface area contributed by atoms with Crippen LogP contribution in [0.25, 0.3) is 34.2 Å². The van der Waals surface area contributed by atoms with Crippen molar-refractivity contribution < 1.29 is 29.5 Å². The van der Waals surface area contributed by atoms with Crippen LogP contribution >= 0.6 is 0 Å². The van der Waals surface area contributed by atoms with Crippen molar-refractivity contribution in [1.82, 2.24) is 15.0 Å². The number of benzene rings is 3. The van der Waals surface area contributed by atoms with Crippen LogP contribution < -0.4 is 14.2 Å². The normalized spacial score (nSPS) is 13.0. The lowest BCUT2D eigenvalue weighted by Gasteiger charge is -2.19. The highest BCUT2D eigenvalue weighted by Gasteiger charge is 2.22. The summed E-state index contributed by atoms with van der Waals surface area (Å²) in [6.07, 6.45) is 14.8. The fraction of sp³-hybridized carbons (Fsp3) is 0.533. The molecule has 0 aliphatic rings. The van der Waals surface area contributed by atoms with Gasteiger partial charge in [-0.05, 0) is 55.7 Å². The van der Waals surface area contributed by atoms with E-state index in [1.165, 1.54) is 19.3 Å². The van der Waals surface area contributed by atoms with E-state index in [9.17, 15) is 15.3 Å². The van der Waals surface area contributed by atoms with Crippen molar-refractivity contribution in [3.8, 4) is 51.4 Å². The lowest BCUT2D eigenvalue weighted by molar-refractivity contribution is -0.0246. The van der Waals surface area contributed by atoms with Crippen molar-refractivity contribution in [1.29, 1.82) is 0 Å². The molecule has 294 valence electrons. The molecule has 0 amide bonds. The van der Waals surface area contributed by atoms with Gasteiger partial charge >= 0.3 is 0 Å². The standard InChI is InChI=1S/C45H63N3O6/c1-4-7-10-13-16-31-40(49)52-37-28-22-19-25-34(37)43-46-44(35-26-20-23-29-38(35)53-41(50)32-17-14-11-8-5-2)48-45(47-43)36-27-21-24-30-39(36)54-42(51)33-18-15-12-9-6-3/h19-30,40-42,49-51H,4-18,31-33H2,1-3H3. The minimum atomic E-state index is -0.983. The summed E-state index contributed by atoms with van der Waals surface area (Å²) < 4.78 is 18.3. The second-order valence-electron chi connectivity index (χ2n) is 14.1. The second kappa shape index (κ2) is 24.4. The van der Waals surface area contributed by atoms with Crippen molar-refractivity contribution in [3.63, 3.8) is 0 Å². The highest BCUT2D eigenvalue weighted by molar-refractivity contribution is 5.73. The summed E-state index contributed by atoms with van der Waals surface area (Å²) in [4.78, 5) is 14.8. The number of hydrogen-bond acceptors (Lipinski definition) is 9. The van der Waals surface area contributed by atoms with E-state index < -0.39 is 18.9 Å². The average molecular weight is 742 g/mol. The van der Waals surface area contributed by atoms with E-state index in [1.54, 1.807) is 18.2 Å². The number of para-hydroxylation sites is 3. The van der Waals surface area contributed by atoms with Crippen molar-refractivity contribution in [2.75, 3.05) is 0 Å². The molecule has 0 saturated carbocycles. The highest BCUT2D eigenvalue weighted by Crippen LogP contribution is 2.36. The van der Waals surface area contributed by atoms with E-state index in [2.05, 4.69) is 20.8 Å². The fourth-order valence-corrected chi connectivity index (χ4v) is 6.38. The van der Waals surface area contributed by atoms with Gasteiger partial charge in [-0.1, -0.05) is 134 Å². The first-order valence-electron chi connectivity index (χ1n) is 20.5. The smallest absolute Gasteiger partial charge is 0.197 e. The largest absolute Gasteiger partial charge is 0.464 e. The molecule has 3 aromatic carbocycles. The number of unbranched alkanes of at least 4 members (excludes halogenated alkanes) is 12. The van der Waals surface area contributed by atoms with Crippen molar-refractivity contribution in [2.24, 2.45) is 0 Å². The number of aromatic nitrogens is 3. The summed E-state index contributed by atoms with van der Waals surface area (Å²) in [7, 11) is 0. The summed E-state index contributed by atoms with van der Waals surface area (Å²) in [5.74, 6) is 2.35. The van der Waals surface area contributed by atoms with Crippen LogP contribution in [-0.2, 0) is 0 Å². The SMILES string of the molecule is CCCCCCCC(O)Oc1ccccc1-c1nc(-c2ccccc2OC(O)CCCCCCC)nc(-c2ccccc2OC(O)CCCCCCC)n1. The topological polar surface area (TPSA) is 127 Å². The maximum absolute atomic E-state index is 10.9. The van der Waals surface area contributed by atoms with Gasteiger partial charge in [-0.15, -0.1) is 0 Å². The van der Waals surface area contributed by atoms with E-state index in [1.807, 2.05) is 54.6 Å². The molecule has 4 aromatic rings. The van der Waals surface area contributed by atoms with Gasteiger partial charge < -0.3 is 29.5 Å². The molecule has 4 rings (SSSR count). The summed E-state index contributed by atoms with van der Waals surface area (Å²) >= 11 is 0. The summed E-state index contributed by atoms with van der Waals surface area (Å²) in [5, 5.41) is 32.7. The van der Waals surface area contributed by atoms with E-state index in [-0.39, 0.29) is 0 Å². The van der Waals surface area contributed by atoms with E-state index in [0.29, 0.717) is 70.7 Å². The van der Waals surface area contributed by atoms with Gasteiger partial charge in [-0.2, -0.15) is 0 Å². The Hall–Kier alpha value is -4.05. The van der Waals surface area contributed by atoms with Gasteiger partial charge in [0.25, 0.3) is 0 Å². The Kier molecular flexibility index (Phi) is 19.3. The molecule has 0 bridgehead atoms. The lowest BCUT2D eigenvalue weighted by Crippen LogP contribution is -2.17. The zero-order valence-electron chi connectivity index (χ0n) is 32.8. The molecule has 0 fully saturated rings. The molecule has 3 unspecified atom stereocenters. The quantitative estimate of drug-likeness (QED) is 0.0404. The minimum absolute atomic E-state index is 0.332. The first kappa shape index (κ1) is 42.7. The summed E-state index contributed by atoms with van der Waals surface area (Å²) in [6.45, 7) is 6.55. The molecule has 1 heterocycles. The van der Waals surface area contributed by atoms with Crippen LogP contribution in [-0.4, -0.2) is 49.1 Å². The Morgan fingerprint density at radius 3 is 0.926 bits per heavy atom. The van der Waals surface area contributed by atoms with Gasteiger partial charge in [0.05, 0.1) is 16.7 Å². The number of ether oxygens (including phenoxy) is 3. The molecular weight excluding hydrogens is 679 g/mol. The number of aliphatic hydroxyl groups is 3. The van der Waals surface area contributed by atoms with Crippen LogP contribution in [0.3, 0.4) is 0 Å². The molecule has 3 N–H and O–H groups in total. The number of rotatable bonds is 27. The molecule has 1 aromatic heterocycles. The molecule has 54 heavy (non-hydrogen) atoms. The molecule has 9 heteroatoms. The van der Waals surface area contributed by atoms with Crippen LogP contribution in [0, 0.1) is 0 Å². The monoisotopic (exact) mass is 741 g/mol. The van der Waals surface area contributed by atoms with E-state index in [0.717, 1.165) is 77.0 Å². The van der Waals surface area contributed by atoms with Crippen LogP contribution in [0.5, 0.6) is 17.2 Å². The van der Waals surface area contributed by atoms with Gasteiger partial charge in [0, 0.05) is 19.3 Å². The Balaban J connectivity index is 1.69. The first-order chi connectivity index (χ1) is 26.4. The average Bonchev–Trinajstić information content (AvgIpc) is 3.18. The maximum Gasteiger partial charge on any atom is 0.197 e. The zero-order valence-corrected chi connectivity index (χ0v) is 32.8. The lowest BCUT2D eigenvalue weighted by atomic mass is 10.1. The van der Waals surface area contributed by atoms with Crippen molar-refractivity contribution in [3.05, 3.63) is 72.8 Å². The first-order valence-corrected chi connectivity index (χ1v) is 20.5. The number of nitrogens with zero attached hydrogens (tertiary/aromatic N) is 3. The number of hydrogen-bond donors (Lipinski definition) is 3. The molecule has 3 atom stereocenters. The van der Waals surface area contributed by atoms with Crippen LogP contribution in [0.1, 0.15) is 136 Å². The molecule has 0 aliphatic heterocycles. The third-order valence-electron chi connectivity index (χ3n) is 9.47. The highest BCUT2D eigenvalue weighted by atomic mass is 16.6. The molecule has 0 aliphatic carbocycles. The van der Waals surface area contributed by atoms with Gasteiger partial charge in [0.2, 0.25) is 0 Å². The Bertz CT molecular complexity index is 1430. The van der Waals surface area contributed by atoms with Crippen LogP contribution in [0.4, 0.5) is 0 Å². The third-order valence-corrected chi connectivity index (χ3v) is 9.47. The predicted molar refractivity (Wildman–Crippen MR) is 216 cm³/mol. The predicted octanol–water partition coefficient (Wildman–Crippen LogP) is 11.0. The van der Waals surface area contributed by atoms with Crippen LogP contribution in [0.15, 0.2) is 72.8 Å².